The number of carbonyl (C=O) groups excluding carboxylic acids is 1. The van der Waals surface area contributed by atoms with Gasteiger partial charge < -0.3 is 14.2 Å². The summed E-state index contributed by atoms with van der Waals surface area (Å²) in [5.74, 6) is 0.453. The van der Waals surface area contributed by atoms with E-state index < -0.39 is 0 Å². The van der Waals surface area contributed by atoms with Crippen LogP contribution in [0.5, 0.6) is 0 Å². The summed E-state index contributed by atoms with van der Waals surface area (Å²) in [5.41, 5.74) is 1.14. The molecule has 0 aliphatic rings. The average Bonchev–Trinajstić information content (AvgIpc) is 3.04. The van der Waals surface area contributed by atoms with Crippen molar-refractivity contribution in [3.8, 4) is 0 Å². The van der Waals surface area contributed by atoms with Gasteiger partial charge in [0.05, 0.1) is 12.4 Å². The molecule has 0 spiro atoms. The molecule has 2 aromatic rings. The normalized spacial score (nSPS) is 10.7. The van der Waals surface area contributed by atoms with E-state index in [4.69, 9.17) is 4.74 Å². The Bertz CT molecular complexity index is 603. The van der Waals surface area contributed by atoms with Crippen LogP contribution in [-0.2, 0) is 22.6 Å². The van der Waals surface area contributed by atoms with Crippen molar-refractivity contribution in [1.29, 1.82) is 0 Å². The van der Waals surface area contributed by atoms with Crippen LogP contribution in [0.15, 0.2) is 41.8 Å². The fraction of sp³-hybridized carbons (Fsp3) is 0.438. The monoisotopic (exact) mass is 334 g/mol. The van der Waals surface area contributed by atoms with Gasteiger partial charge in [-0.2, -0.15) is 0 Å². The Morgan fingerprint density at radius 2 is 2.13 bits per heavy atom. The lowest BCUT2D eigenvalue weighted by Gasteiger charge is -2.20. The molecule has 0 aliphatic heterocycles. The lowest BCUT2D eigenvalue weighted by molar-refractivity contribution is -0.128. The summed E-state index contributed by atoms with van der Waals surface area (Å²) in [6, 6.07) is 10.0. The first kappa shape index (κ1) is 17.5. The van der Waals surface area contributed by atoms with Gasteiger partial charge in [-0.1, -0.05) is 42.1 Å². The minimum atomic E-state index is 0.0997. The highest BCUT2D eigenvalue weighted by Crippen LogP contribution is 2.16. The van der Waals surface area contributed by atoms with Crippen LogP contribution in [0.2, 0.25) is 0 Å². The zero-order chi connectivity index (χ0) is 16.5. The number of hydrogen-bond acceptors (Lipinski definition) is 5. The number of ether oxygens (including phenoxy) is 1. The third kappa shape index (κ3) is 5.37. The van der Waals surface area contributed by atoms with Gasteiger partial charge in [0.15, 0.2) is 5.16 Å². The Labute approximate surface area is 140 Å². The first-order chi connectivity index (χ1) is 11.2. The second kappa shape index (κ2) is 9.32. The summed E-state index contributed by atoms with van der Waals surface area (Å²) >= 11 is 1.41. The lowest BCUT2D eigenvalue weighted by Crippen LogP contribution is -2.31. The second-order valence-electron chi connectivity index (χ2n) is 4.98. The highest BCUT2D eigenvalue weighted by molar-refractivity contribution is 7.99. The SMILES string of the molecule is CCN(Cc1ccccc1)C(=O)CSc1nncn1CCOC. The number of nitrogens with zero attached hydrogens (tertiary/aromatic N) is 4. The fourth-order valence-electron chi connectivity index (χ4n) is 2.10. The van der Waals surface area contributed by atoms with Crippen LogP contribution in [0.4, 0.5) is 0 Å². The molecule has 0 radical (unpaired) electrons. The first-order valence-corrected chi connectivity index (χ1v) is 8.54. The standard InChI is InChI=1S/C16H22N4O2S/c1-3-19(11-14-7-5-4-6-8-14)15(21)12-23-16-18-17-13-20(16)9-10-22-2/h4-8,13H,3,9-12H2,1-2H3. The van der Waals surface area contributed by atoms with Crippen LogP contribution in [-0.4, -0.2) is 51.6 Å². The van der Waals surface area contributed by atoms with Crippen molar-refractivity contribution < 1.29 is 9.53 Å². The second-order valence-corrected chi connectivity index (χ2v) is 5.92. The zero-order valence-corrected chi connectivity index (χ0v) is 14.3. The molecule has 0 unspecified atom stereocenters. The lowest BCUT2D eigenvalue weighted by atomic mass is 10.2. The molecule has 1 heterocycles. The van der Waals surface area contributed by atoms with Crippen LogP contribution in [0.3, 0.4) is 0 Å². The van der Waals surface area contributed by atoms with Crippen molar-refractivity contribution in [1.82, 2.24) is 19.7 Å². The number of amides is 1. The first-order valence-electron chi connectivity index (χ1n) is 7.55. The van der Waals surface area contributed by atoms with Gasteiger partial charge in [-0.25, -0.2) is 0 Å². The minimum Gasteiger partial charge on any atom is -0.383 e. The van der Waals surface area contributed by atoms with Gasteiger partial charge in [0, 0.05) is 26.7 Å². The maximum Gasteiger partial charge on any atom is 0.233 e. The summed E-state index contributed by atoms with van der Waals surface area (Å²) in [6.07, 6.45) is 1.66. The maximum atomic E-state index is 12.4. The molecule has 0 bridgehead atoms. The summed E-state index contributed by atoms with van der Waals surface area (Å²) in [4.78, 5) is 14.3. The average molecular weight is 334 g/mol. The van der Waals surface area contributed by atoms with Gasteiger partial charge >= 0.3 is 0 Å². The maximum absolute atomic E-state index is 12.4. The Kier molecular flexibility index (Phi) is 7.09. The van der Waals surface area contributed by atoms with Gasteiger partial charge in [0.1, 0.15) is 6.33 Å². The van der Waals surface area contributed by atoms with E-state index in [1.807, 2.05) is 46.7 Å². The van der Waals surface area contributed by atoms with Crippen LogP contribution < -0.4 is 0 Å². The Morgan fingerprint density at radius 3 is 2.83 bits per heavy atom. The van der Waals surface area contributed by atoms with E-state index in [9.17, 15) is 4.79 Å². The van der Waals surface area contributed by atoms with E-state index in [-0.39, 0.29) is 5.91 Å². The molecule has 0 N–H and O–H groups in total. The molecule has 2 rings (SSSR count). The van der Waals surface area contributed by atoms with Crippen LogP contribution in [0, 0.1) is 0 Å². The Balaban J connectivity index is 1.89. The molecule has 0 aliphatic carbocycles. The van der Waals surface area contributed by atoms with E-state index in [0.717, 1.165) is 10.7 Å². The molecule has 7 heteroatoms. The zero-order valence-electron chi connectivity index (χ0n) is 13.5. The molecule has 0 saturated heterocycles. The molecule has 1 aromatic heterocycles. The third-order valence-corrected chi connectivity index (χ3v) is 4.36. The van der Waals surface area contributed by atoms with Crippen LogP contribution >= 0.6 is 11.8 Å². The van der Waals surface area contributed by atoms with E-state index in [2.05, 4.69) is 10.2 Å². The number of rotatable bonds is 9. The summed E-state index contributed by atoms with van der Waals surface area (Å²) in [7, 11) is 1.66. The molecule has 124 valence electrons. The number of carbonyl (C=O) groups is 1. The molecular weight excluding hydrogens is 312 g/mol. The van der Waals surface area contributed by atoms with E-state index in [1.165, 1.54) is 11.8 Å². The molecule has 0 atom stereocenters. The Hall–Kier alpha value is -1.86. The van der Waals surface area contributed by atoms with E-state index >= 15 is 0 Å². The summed E-state index contributed by atoms with van der Waals surface area (Å²) in [6.45, 7) is 4.58. The molecule has 1 amide bonds. The minimum absolute atomic E-state index is 0.0997. The van der Waals surface area contributed by atoms with E-state index in [0.29, 0.717) is 32.0 Å². The predicted octanol–water partition coefficient (Wildman–Crippen LogP) is 2.07. The number of aromatic nitrogens is 3. The molecule has 0 saturated carbocycles. The Morgan fingerprint density at radius 1 is 1.35 bits per heavy atom. The molecule has 1 aromatic carbocycles. The van der Waals surface area contributed by atoms with Crippen LogP contribution in [0.1, 0.15) is 12.5 Å². The predicted molar refractivity (Wildman–Crippen MR) is 90.2 cm³/mol. The summed E-state index contributed by atoms with van der Waals surface area (Å²) < 4.78 is 6.95. The largest absolute Gasteiger partial charge is 0.383 e. The van der Waals surface area contributed by atoms with Crippen molar-refractivity contribution in [3.63, 3.8) is 0 Å². The highest BCUT2D eigenvalue weighted by atomic mass is 32.2. The van der Waals surface area contributed by atoms with Gasteiger partial charge in [-0.3, -0.25) is 4.79 Å². The van der Waals surface area contributed by atoms with Gasteiger partial charge in [0.2, 0.25) is 5.91 Å². The molecule has 23 heavy (non-hydrogen) atoms. The quantitative estimate of drug-likeness (QED) is 0.657. The fourth-order valence-corrected chi connectivity index (χ4v) is 2.94. The van der Waals surface area contributed by atoms with Crippen molar-refractivity contribution in [2.75, 3.05) is 26.0 Å². The topological polar surface area (TPSA) is 60.2 Å². The number of methoxy groups -OCH3 is 1. The van der Waals surface area contributed by atoms with Crippen molar-refractivity contribution in [3.05, 3.63) is 42.2 Å². The number of benzene rings is 1. The summed E-state index contributed by atoms with van der Waals surface area (Å²) in [5, 5.41) is 8.70. The van der Waals surface area contributed by atoms with Crippen molar-refractivity contribution in [2.45, 2.75) is 25.2 Å². The third-order valence-electron chi connectivity index (χ3n) is 3.39. The molecular formula is C16H22N4O2S. The number of thioether (sulfide) groups is 1. The molecule has 0 fully saturated rings. The van der Waals surface area contributed by atoms with Gasteiger partial charge in [-0.15, -0.1) is 10.2 Å². The smallest absolute Gasteiger partial charge is 0.233 e. The highest BCUT2D eigenvalue weighted by Gasteiger charge is 2.14. The van der Waals surface area contributed by atoms with Crippen LogP contribution in [0.25, 0.3) is 0 Å². The van der Waals surface area contributed by atoms with E-state index in [1.54, 1.807) is 13.4 Å². The number of hydrogen-bond donors (Lipinski definition) is 0. The van der Waals surface area contributed by atoms with Crippen molar-refractivity contribution >= 4 is 17.7 Å². The van der Waals surface area contributed by atoms with Gasteiger partial charge in [-0.05, 0) is 12.5 Å². The van der Waals surface area contributed by atoms with Crippen molar-refractivity contribution in [2.24, 2.45) is 0 Å². The van der Waals surface area contributed by atoms with Gasteiger partial charge in [0.25, 0.3) is 0 Å². The molecule has 6 nitrogen and oxygen atoms in total.